The molecule has 100 valence electrons. The van der Waals surface area contributed by atoms with Gasteiger partial charge in [0.15, 0.2) is 0 Å². The summed E-state index contributed by atoms with van der Waals surface area (Å²) in [6, 6.07) is 6.50. The normalized spacial score (nSPS) is 18.2. The Morgan fingerprint density at radius 2 is 1.67 bits per heavy atom. The number of sulfonamides is 1. The Morgan fingerprint density at radius 1 is 1.11 bits per heavy atom. The molecule has 1 saturated carbocycles. The molecule has 0 bridgehead atoms. The second-order valence-electron chi connectivity index (χ2n) is 4.77. The molecule has 1 aromatic rings. The van der Waals surface area contributed by atoms with E-state index in [2.05, 4.69) is 0 Å². The number of hydrogen-bond donors (Lipinski definition) is 0. The lowest BCUT2D eigenvalue weighted by Gasteiger charge is -2.30. The highest BCUT2D eigenvalue weighted by Gasteiger charge is 2.28. The quantitative estimate of drug-likeness (QED) is 0.855. The minimum Gasteiger partial charge on any atom is -0.207 e. The average Bonchev–Trinajstić information content (AvgIpc) is 2.39. The van der Waals surface area contributed by atoms with Crippen LogP contribution in [0.15, 0.2) is 29.2 Å². The monoisotopic (exact) mass is 287 g/mol. The molecule has 0 saturated heterocycles. The molecule has 0 spiro atoms. The van der Waals surface area contributed by atoms with E-state index in [1.807, 2.05) is 0 Å². The van der Waals surface area contributed by atoms with Crippen LogP contribution in [0.2, 0.25) is 5.02 Å². The Labute approximate surface area is 114 Å². The van der Waals surface area contributed by atoms with E-state index in [4.69, 9.17) is 11.6 Å². The van der Waals surface area contributed by atoms with Crippen molar-refractivity contribution in [1.82, 2.24) is 4.31 Å². The lowest BCUT2D eigenvalue weighted by molar-refractivity contribution is 0.286. The number of rotatable bonds is 3. The SMILES string of the molecule is CN(C1CCCCC1)S(=O)(=O)c1ccc(Cl)cc1. The summed E-state index contributed by atoms with van der Waals surface area (Å²) in [5.74, 6) is 0. The summed E-state index contributed by atoms with van der Waals surface area (Å²) in [6.45, 7) is 0. The maximum atomic E-state index is 12.4. The van der Waals surface area contributed by atoms with Crippen LogP contribution in [0.3, 0.4) is 0 Å². The van der Waals surface area contributed by atoms with Crippen LogP contribution >= 0.6 is 11.6 Å². The van der Waals surface area contributed by atoms with Crippen LogP contribution in [0, 0.1) is 0 Å². The molecule has 0 radical (unpaired) electrons. The van der Waals surface area contributed by atoms with E-state index in [-0.39, 0.29) is 6.04 Å². The van der Waals surface area contributed by atoms with E-state index in [1.54, 1.807) is 31.3 Å². The molecule has 1 aromatic carbocycles. The van der Waals surface area contributed by atoms with E-state index in [0.717, 1.165) is 25.7 Å². The molecule has 1 fully saturated rings. The minimum atomic E-state index is -3.38. The fourth-order valence-electron chi connectivity index (χ4n) is 2.41. The summed E-state index contributed by atoms with van der Waals surface area (Å²) in [5, 5.41) is 0.550. The highest BCUT2D eigenvalue weighted by molar-refractivity contribution is 7.89. The van der Waals surface area contributed by atoms with E-state index >= 15 is 0 Å². The number of hydrogen-bond acceptors (Lipinski definition) is 2. The fraction of sp³-hybridized carbons (Fsp3) is 0.538. The predicted molar refractivity (Wildman–Crippen MR) is 73.3 cm³/mol. The van der Waals surface area contributed by atoms with Crippen molar-refractivity contribution in [1.29, 1.82) is 0 Å². The Kier molecular flexibility index (Phi) is 4.30. The third kappa shape index (κ3) is 2.87. The lowest BCUT2D eigenvalue weighted by Crippen LogP contribution is -2.38. The van der Waals surface area contributed by atoms with E-state index in [0.29, 0.717) is 9.92 Å². The van der Waals surface area contributed by atoms with Crippen molar-refractivity contribution in [3.63, 3.8) is 0 Å². The molecular weight excluding hydrogens is 270 g/mol. The maximum Gasteiger partial charge on any atom is 0.243 e. The number of halogens is 1. The van der Waals surface area contributed by atoms with Crippen molar-refractivity contribution >= 4 is 21.6 Å². The van der Waals surface area contributed by atoms with Gasteiger partial charge in [-0.3, -0.25) is 0 Å². The highest BCUT2D eigenvalue weighted by Crippen LogP contribution is 2.26. The Morgan fingerprint density at radius 3 is 2.22 bits per heavy atom. The van der Waals surface area contributed by atoms with Gasteiger partial charge in [-0.15, -0.1) is 0 Å². The average molecular weight is 288 g/mol. The minimum absolute atomic E-state index is 0.138. The molecule has 0 amide bonds. The molecule has 0 atom stereocenters. The van der Waals surface area contributed by atoms with Gasteiger partial charge >= 0.3 is 0 Å². The Balaban J connectivity index is 2.21. The van der Waals surface area contributed by atoms with Gasteiger partial charge in [0.1, 0.15) is 0 Å². The molecule has 0 unspecified atom stereocenters. The van der Waals surface area contributed by atoms with Crippen molar-refractivity contribution < 1.29 is 8.42 Å². The van der Waals surface area contributed by atoms with Gasteiger partial charge in [0.2, 0.25) is 10.0 Å². The summed E-state index contributed by atoms with van der Waals surface area (Å²) in [7, 11) is -1.70. The zero-order valence-corrected chi connectivity index (χ0v) is 12.0. The number of benzene rings is 1. The van der Waals surface area contributed by atoms with Gasteiger partial charge in [-0.05, 0) is 37.1 Å². The summed E-state index contributed by atoms with van der Waals surface area (Å²) < 4.78 is 26.4. The van der Waals surface area contributed by atoms with Crippen LogP contribution in [0.4, 0.5) is 0 Å². The first-order valence-electron chi connectivity index (χ1n) is 6.25. The zero-order chi connectivity index (χ0) is 13.2. The van der Waals surface area contributed by atoms with Gasteiger partial charge < -0.3 is 0 Å². The van der Waals surface area contributed by atoms with Crippen LogP contribution in [-0.2, 0) is 10.0 Å². The van der Waals surface area contributed by atoms with Gasteiger partial charge in [-0.25, -0.2) is 8.42 Å². The fourth-order valence-corrected chi connectivity index (χ4v) is 3.96. The van der Waals surface area contributed by atoms with Gasteiger partial charge in [-0.1, -0.05) is 30.9 Å². The molecule has 0 N–H and O–H groups in total. The van der Waals surface area contributed by atoms with E-state index < -0.39 is 10.0 Å². The summed E-state index contributed by atoms with van der Waals surface area (Å²) in [5.41, 5.74) is 0. The Hall–Kier alpha value is -0.580. The highest BCUT2D eigenvalue weighted by atomic mass is 35.5. The third-order valence-corrected chi connectivity index (χ3v) is 5.76. The smallest absolute Gasteiger partial charge is 0.207 e. The molecule has 1 aliphatic carbocycles. The van der Waals surface area contributed by atoms with Gasteiger partial charge in [-0.2, -0.15) is 4.31 Å². The summed E-state index contributed by atoms with van der Waals surface area (Å²) >= 11 is 5.78. The van der Waals surface area contributed by atoms with Crippen LogP contribution in [0.25, 0.3) is 0 Å². The lowest BCUT2D eigenvalue weighted by atomic mass is 9.96. The first kappa shape index (κ1) is 13.8. The molecule has 18 heavy (non-hydrogen) atoms. The summed E-state index contributed by atoms with van der Waals surface area (Å²) in [6.07, 6.45) is 5.37. The summed E-state index contributed by atoms with van der Waals surface area (Å²) in [4.78, 5) is 0.319. The predicted octanol–water partition coefficient (Wildman–Crippen LogP) is 3.29. The van der Waals surface area contributed by atoms with E-state index in [9.17, 15) is 8.42 Å². The molecule has 0 aromatic heterocycles. The van der Waals surface area contributed by atoms with Crippen molar-refractivity contribution in [3.05, 3.63) is 29.3 Å². The molecular formula is C13H18ClNO2S. The van der Waals surface area contributed by atoms with Crippen molar-refractivity contribution in [2.45, 2.75) is 43.0 Å². The first-order valence-corrected chi connectivity index (χ1v) is 8.07. The molecule has 1 aliphatic rings. The van der Waals surface area contributed by atoms with Crippen LogP contribution in [0.5, 0.6) is 0 Å². The largest absolute Gasteiger partial charge is 0.243 e. The van der Waals surface area contributed by atoms with Crippen molar-refractivity contribution in [3.8, 4) is 0 Å². The van der Waals surface area contributed by atoms with Crippen LogP contribution in [-0.4, -0.2) is 25.8 Å². The molecule has 0 aliphatic heterocycles. The van der Waals surface area contributed by atoms with Crippen molar-refractivity contribution in [2.75, 3.05) is 7.05 Å². The molecule has 3 nitrogen and oxygen atoms in total. The van der Waals surface area contributed by atoms with Crippen LogP contribution in [0.1, 0.15) is 32.1 Å². The van der Waals surface area contributed by atoms with Gasteiger partial charge in [0, 0.05) is 18.1 Å². The second-order valence-corrected chi connectivity index (χ2v) is 7.20. The second kappa shape index (κ2) is 5.59. The molecule has 2 rings (SSSR count). The van der Waals surface area contributed by atoms with Gasteiger partial charge in [0.05, 0.1) is 4.90 Å². The third-order valence-electron chi connectivity index (χ3n) is 3.58. The zero-order valence-electron chi connectivity index (χ0n) is 10.5. The number of nitrogens with zero attached hydrogens (tertiary/aromatic N) is 1. The first-order chi connectivity index (χ1) is 8.51. The molecule has 5 heteroatoms. The maximum absolute atomic E-state index is 12.4. The van der Waals surface area contributed by atoms with E-state index in [1.165, 1.54) is 10.7 Å². The van der Waals surface area contributed by atoms with Gasteiger partial charge in [0.25, 0.3) is 0 Å². The van der Waals surface area contributed by atoms with Crippen molar-refractivity contribution in [2.24, 2.45) is 0 Å². The topological polar surface area (TPSA) is 37.4 Å². The Bertz CT molecular complexity index is 492. The standard InChI is InChI=1S/C13H18ClNO2S/c1-15(12-5-3-2-4-6-12)18(16,17)13-9-7-11(14)8-10-13/h7-10,12H,2-6H2,1H3. The molecule has 0 heterocycles. The van der Waals surface area contributed by atoms with Crippen LogP contribution < -0.4 is 0 Å².